The van der Waals surface area contributed by atoms with Gasteiger partial charge in [0.05, 0.1) is 23.0 Å². The molecule has 0 aromatic heterocycles. The fourth-order valence-electron chi connectivity index (χ4n) is 3.15. The van der Waals surface area contributed by atoms with Crippen LogP contribution in [-0.2, 0) is 28.6 Å². The van der Waals surface area contributed by atoms with Gasteiger partial charge in [-0.05, 0) is 67.6 Å². The van der Waals surface area contributed by atoms with Crippen molar-refractivity contribution in [2.24, 2.45) is 5.18 Å². The number of nitrogens with zero attached hydrogens (tertiary/aromatic N) is 2. The summed E-state index contributed by atoms with van der Waals surface area (Å²) in [5, 5.41) is 2.86. The Bertz CT molecular complexity index is 1260. The van der Waals surface area contributed by atoms with Crippen LogP contribution in [0.3, 0.4) is 0 Å². The zero-order chi connectivity index (χ0) is 25.5. The Morgan fingerprint density at radius 1 is 0.657 bits per heavy atom. The zero-order valence-corrected chi connectivity index (χ0v) is 21.0. The van der Waals surface area contributed by atoms with Crippen molar-refractivity contribution in [1.82, 2.24) is 0 Å². The molecule has 0 spiro atoms. The molecule has 0 aliphatic rings. The third-order valence-corrected chi connectivity index (χ3v) is 7.79. The lowest BCUT2D eigenvalue weighted by Gasteiger charge is -2.24. The predicted octanol–water partition coefficient (Wildman–Crippen LogP) is 4.32. The third-order valence-electron chi connectivity index (χ3n) is 5.14. The molecular formula is C24H26N2O7S2. The van der Waals surface area contributed by atoms with E-state index in [1.807, 2.05) is 13.8 Å². The highest BCUT2D eigenvalue weighted by Crippen LogP contribution is 2.21. The van der Waals surface area contributed by atoms with Crippen LogP contribution in [0.25, 0.3) is 0 Å². The van der Waals surface area contributed by atoms with Crippen molar-refractivity contribution in [3.05, 3.63) is 88.8 Å². The normalized spacial score (nSPS) is 11.8. The molecule has 186 valence electrons. The molecule has 0 atom stereocenters. The summed E-state index contributed by atoms with van der Waals surface area (Å²) in [5.74, 6) is 0. The van der Waals surface area contributed by atoms with Crippen LogP contribution in [0.4, 0.5) is 11.4 Å². The smallest absolute Gasteiger partial charge is 0.297 e. The van der Waals surface area contributed by atoms with Crippen molar-refractivity contribution in [1.29, 1.82) is 0 Å². The van der Waals surface area contributed by atoms with Crippen LogP contribution in [-0.4, -0.2) is 43.1 Å². The Kier molecular flexibility index (Phi) is 8.73. The first-order valence-electron chi connectivity index (χ1n) is 10.7. The van der Waals surface area contributed by atoms with Gasteiger partial charge >= 0.3 is 0 Å². The Morgan fingerprint density at radius 2 is 1.06 bits per heavy atom. The van der Waals surface area contributed by atoms with Crippen molar-refractivity contribution in [3.8, 4) is 0 Å². The highest BCUT2D eigenvalue weighted by molar-refractivity contribution is 7.87. The maximum atomic E-state index is 12.5. The second-order valence-electron chi connectivity index (χ2n) is 7.77. The summed E-state index contributed by atoms with van der Waals surface area (Å²) in [6.07, 6.45) is 0. The molecule has 0 bridgehead atoms. The summed E-state index contributed by atoms with van der Waals surface area (Å²) in [7, 11) is -7.92. The van der Waals surface area contributed by atoms with Gasteiger partial charge in [0.1, 0.15) is 5.69 Å². The molecule has 0 fully saturated rings. The van der Waals surface area contributed by atoms with Gasteiger partial charge in [-0.2, -0.15) is 16.8 Å². The quantitative estimate of drug-likeness (QED) is 0.257. The predicted molar refractivity (Wildman–Crippen MR) is 133 cm³/mol. The fourth-order valence-corrected chi connectivity index (χ4v) is 4.95. The van der Waals surface area contributed by atoms with Crippen molar-refractivity contribution in [2.45, 2.75) is 23.6 Å². The highest BCUT2D eigenvalue weighted by atomic mass is 32.2. The molecule has 0 N–H and O–H groups in total. The molecule has 0 heterocycles. The molecular weight excluding hydrogens is 492 g/mol. The molecule has 3 rings (SSSR count). The van der Waals surface area contributed by atoms with Gasteiger partial charge in [-0.25, -0.2) is 0 Å². The molecule has 11 heteroatoms. The van der Waals surface area contributed by atoms with E-state index < -0.39 is 20.2 Å². The first-order valence-corrected chi connectivity index (χ1v) is 13.5. The summed E-state index contributed by atoms with van der Waals surface area (Å²) in [6.45, 7) is 3.56. The molecule has 0 saturated carbocycles. The van der Waals surface area contributed by atoms with Crippen LogP contribution in [0.2, 0.25) is 0 Å². The van der Waals surface area contributed by atoms with E-state index in [0.29, 0.717) is 5.69 Å². The topological polar surface area (TPSA) is 119 Å². The molecule has 0 aliphatic heterocycles. The van der Waals surface area contributed by atoms with E-state index in [-0.39, 0.29) is 41.8 Å². The van der Waals surface area contributed by atoms with Gasteiger partial charge in [0.15, 0.2) is 0 Å². The van der Waals surface area contributed by atoms with E-state index in [4.69, 9.17) is 8.37 Å². The average molecular weight is 519 g/mol. The minimum atomic E-state index is -3.96. The molecule has 9 nitrogen and oxygen atoms in total. The van der Waals surface area contributed by atoms with Gasteiger partial charge in [0.2, 0.25) is 0 Å². The van der Waals surface area contributed by atoms with E-state index in [2.05, 4.69) is 5.18 Å². The van der Waals surface area contributed by atoms with Gasteiger partial charge in [-0.1, -0.05) is 35.4 Å². The van der Waals surface area contributed by atoms with Gasteiger partial charge in [0, 0.05) is 18.8 Å². The summed E-state index contributed by atoms with van der Waals surface area (Å²) < 4.78 is 60.3. The Morgan fingerprint density at radius 3 is 1.43 bits per heavy atom. The van der Waals surface area contributed by atoms with E-state index in [9.17, 15) is 21.7 Å². The largest absolute Gasteiger partial charge is 0.367 e. The number of hydrogen-bond acceptors (Lipinski definition) is 9. The van der Waals surface area contributed by atoms with E-state index in [1.54, 1.807) is 41.3 Å². The lowest BCUT2D eigenvalue weighted by molar-refractivity contribution is 0.306. The monoisotopic (exact) mass is 518 g/mol. The first kappa shape index (κ1) is 26.5. The number of aryl methyl sites for hydroxylation is 2. The lowest BCUT2D eigenvalue weighted by Crippen LogP contribution is -2.32. The van der Waals surface area contributed by atoms with Crippen molar-refractivity contribution in [2.75, 3.05) is 31.2 Å². The molecule has 35 heavy (non-hydrogen) atoms. The fraction of sp³-hybridized carbons (Fsp3) is 0.250. The van der Waals surface area contributed by atoms with Crippen LogP contribution in [0.1, 0.15) is 11.1 Å². The molecule has 0 saturated heterocycles. The van der Waals surface area contributed by atoms with Gasteiger partial charge < -0.3 is 4.90 Å². The number of hydrogen-bond donors (Lipinski definition) is 0. The van der Waals surface area contributed by atoms with Crippen LogP contribution in [0.15, 0.2) is 87.8 Å². The molecule has 0 radical (unpaired) electrons. The highest BCUT2D eigenvalue weighted by Gasteiger charge is 2.18. The minimum Gasteiger partial charge on any atom is -0.367 e. The average Bonchev–Trinajstić information content (AvgIpc) is 2.83. The van der Waals surface area contributed by atoms with Gasteiger partial charge in [-0.3, -0.25) is 8.37 Å². The standard InChI is InChI=1S/C24H26N2O7S2/c1-19-3-11-23(12-4-19)34(28,29)32-17-15-26(22-9-7-21(25-27)8-10-22)16-18-33-35(30,31)24-13-5-20(2)6-14-24/h3-14H,15-18H2,1-2H3. The minimum absolute atomic E-state index is 0.0450. The van der Waals surface area contributed by atoms with E-state index >= 15 is 0 Å². The Balaban J connectivity index is 1.67. The van der Waals surface area contributed by atoms with Crippen molar-refractivity contribution < 1.29 is 25.2 Å². The number of rotatable bonds is 12. The number of anilines is 1. The molecule has 3 aromatic rings. The maximum Gasteiger partial charge on any atom is 0.297 e. The molecule has 0 unspecified atom stereocenters. The van der Waals surface area contributed by atoms with Gasteiger partial charge in [0.25, 0.3) is 20.2 Å². The summed E-state index contributed by atoms with van der Waals surface area (Å²) in [4.78, 5) is 12.5. The molecule has 3 aromatic carbocycles. The zero-order valence-electron chi connectivity index (χ0n) is 19.3. The van der Waals surface area contributed by atoms with E-state index in [0.717, 1.165) is 11.1 Å². The second-order valence-corrected chi connectivity index (χ2v) is 11.0. The SMILES string of the molecule is Cc1ccc(S(=O)(=O)OCCN(CCOS(=O)(=O)c2ccc(C)cc2)c2ccc(N=O)cc2)cc1. The number of benzene rings is 3. The Hall–Kier alpha value is -3.12. The van der Waals surface area contributed by atoms with Crippen LogP contribution in [0.5, 0.6) is 0 Å². The Labute approximate surface area is 205 Å². The number of nitroso groups, excluding NO2 is 1. The molecule has 0 amide bonds. The van der Waals surface area contributed by atoms with Gasteiger partial charge in [-0.15, -0.1) is 4.91 Å². The van der Waals surface area contributed by atoms with Crippen LogP contribution < -0.4 is 4.90 Å². The second kappa shape index (κ2) is 11.5. The molecule has 0 aliphatic carbocycles. The third kappa shape index (κ3) is 7.43. The van der Waals surface area contributed by atoms with Crippen molar-refractivity contribution in [3.63, 3.8) is 0 Å². The lowest BCUT2D eigenvalue weighted by atomic mass is 10.2. The van der Waals surface area contributed by atoms with Crippen LogP contribution >= 0.6 is 0 Å². The summed E-state index contributed by atoms with van der Waals surface area (Å²) >= 11 is 0. The van der Waals surface area contributed by atoms with Crippen molar-refractivity contribution >= 4 is 31.6 Å². The summed E-state index contributed by atoms with van der Waals surface area (Å²) in [6, 6.07) is 18.8. The van der Waals surface area contributed by atoms with Crippen LogP contribution in [0, 0.1) is 18.8 Å². The summed E-state index contributed by atoms with van der Waals surface area (Å²) in [5.41, 5.74) is 2.68. The first-order chi connectivity index (χ1) is 16.6. The maximum absolute atomic E-state index is 12.5. The van der Waals surface area contributed by atoms with E-state index in [1.165, 1.54) is 36.4 Å².